The molecule has 1 aliphatic rings. The van der Waals surface area contributed by atoms with Crippen LogP contribution in [0.1, 0.15) is 25.0 Å². The molecule has 114 valence electrons. The SMILES string of the molecule is CNCCC1CCN(Cc2csc(-c3ccsc3)n2)CC1. The molecule has 0 amide bonds. The van der Waals surface area contributed by atoms with Crippen LogP contribution in [0, 0.1) is 5.92 Å². The van der Waals surface area contributed by atoms with E-state index in [1.165, 1.54) is 43.6 Å². The van der Waals surface area contributed by atoms with Crippen LogP contribution in [-0.4, -0.2) is 36.6 Å². The number of nitrogens with zero attached hydrogens (tertiary/aromatic N) is 2. The van der Waals surface area contributed by atoms with Crippen LogP contribution < -0.4 is 5.32 Å². The molecule has 1 N–H and O–H groups in total. The van der Waals surface area contributed by atoms with Gasteiger partial charge in [0.05, 0.1) is 5.69 Å². The summed E-state index contributed by atoms with van der Waals surface area (Å²) in [6.07, 6.45) is 4.00. The van der Waals surface area contributed by atoms with Crippen LogP contribution in [0.2, 0.25) is 0 Å². The van der Waals surface area contributed by atoms with E-state index in [1.54, 1.807) is 22.7 Å². The summed E-state index contributed by atoms with van der Waals surface area (Å²) < 4.78 is 0. The third-order valence-corrected chi connectivity index (χ3v) is 5.84. The van der Waals surface area contributed by atoms with Gasteiger partial charge < -0.3 is 5.32 Å². The highest BCUT2D eigenvalue weighted by Crippen LogP contribution is 2.27. The van der Waals surface area contributed by atoms with E-state index in [0.717, 1.165) is 24.0 Å². The summed E-state index contributed by atoms with van der Waals surface area (Å²) >= 11 is 3.51. The number of nitrogens with one attached hydrogen (secondary N) is 1. The van der Waals surface area contributed by atoms with Crippen molar-refractivity contribution < 1.29 is 0 Å². The molecule has 2 aromatic heterocycles. The molecule has 0 radical (unpaired) electrons. The van der Waals surface area contributed by atoms with Crippen molar-refractivity contribution in [3.8, 4) is 10.6 Å². The van der Waals surface area contributed by atoms with Gasteiger partial charge in [-0.05, 0) is 63.3 Å². The molecule has 0 spiro atoms. The molecule has 3 rings (SSSR count). The Balaban J connectivity index is 1.49. The van der Waals surface area contributed by atoms with Gasteiger partial charge in [0.25, 0.3) is 0 Å². The van der Waals surface area contributed by atoms with E-state index in [0.29, 0.717) is 0 Å². The van der Waals surface area contributed by atoms with Gasteiger partial charge in [-0.3, -0.25) is 4.90 Å². The van der Waals surface area contributed by atoms with Crippen LogP contribution in [0.25, 0.3) is 10.6 Å². The van der Waals surface area contributed by atoms with Crippen LogP contribution in [0.5, 0.6) is 0 Å². The lowest BCUT2D eigenvalue weighted by atomic mass is 9.93. The highest BCUT2D eigenvalue weighted by molar-refractivity contribution is 7.14. The summed E-state index contributed by atoms with van der Waals surface area (Å²) in [5, 5.41) is 10.9. The zero-order valence-corrected chi connectivity index (χ0v) is 14.2. The predicted molar refractivity (Wildman–Crippen MR) is 92.0 cm³/mol. The predicted octanol–water partition coefficient (Wildman–Crippen LogP) is 3.69. The molecule has 0 saturated carbocycles. The summed E-state index contributed by atoms with van der Waals surface area (Å²) in [5.74, 6) is 0.908. The smallest absolute Gasteiger partial charge is 0.124 e. The van der Waals surface area contributed by atoms with Crippen LogP contribution in [0.3, 0.4) is 0 Å². The van der Waals surface area contributed by atoms with Crippen LogP contribution in [0.4, 0.5) is 0 Å². The lowest BCUT2D eigenvalue weighted by Gasteiger charge is -2.31. The number of thiazole rings is 1. The minimum Gasteiger partial charge on any atom is -0.320 e. The second-order valence-corrected chi connectivity index (χ2v) is 7.41. The van der Waals surface area contributed by atoms with Crippen LogP contribution in [-0.2, 0) is 6.54 Å². The van der Waals surface area contributed by atoms with Gasteiger partial charge in [0.1, 0.15) is 5.01 Å². The van der Waals surface area contributed by atoms with Crippen LogP contribution in [0.15, 0.2) is 22.2 Å². The molecule has 0 unspecified atom stereocenters. The van der Waals surface area contributed by atoms with E-state index < -0.39 is 0 Å². The Morgan fingerprint density at radius 1 is 1.33 bits per heavy atom. The van der Waals surface area contributed by atoms with Gasteiger partial charge >= 0.3 is 0 Å². The fourth-order valence-electron chi connectivity index (χ4n) is 2.91. The second kappa shape index (κ2) is 7.49. The molecule has 2 aromatic rings. The Hall–Kier alpha value is -0.750. The first-order chi connectivity index (χ1) is 10.3. The van der Waals surface area contributed by atoms with Gasteiger partial charge in [0, 0.05) is 22.9 Å². The van der Waals surface area contributed by atoms with Gasteiger partial charge in [0.2, 0.25) is 0 Å². The Morgan fingerprint density at radius 2 is 2.19 bits per heavy atom. The highest BCUT2D eigenvalue weighted by atomic mass is 32.1. The Kier molecular flexibility index (Phi) is 5.41. The molecule has 0 aliphatic carbocycles. The molecule has 0 aromatic carbocycles. The third kappa shape index (κ3) is 4.13. The molecule has 1 saturated heterocycles. The van der Waals surface area contributed by atoms with Crippen molar-refractivity contribution in [3.05, 3.63) is 27.9 Å². The fraction of sp³-hybridized carbons (Fsp3) is 0.562. The van der Waals surface area contributed by atoms with Gasteiger partial charge in [-0.1, -0.05) is 0 Å². The maximum Gasteiger partial charge on any atom is 0.124 e. The first-order valence-corrected chi connectivity index (χ1v) is 9.51. The summed E-state index contributed by atoms with van der Waals surface area (Å²) in [6, 6.07) is 2.15. The third-order valence-electron chi connectivity index (χ3n) is 4.22. The monoisotopic (exact) mass is 321 g/mol. The number of hydrogen-bond acceptors (Lipinski definition) is 5. The minimum absolute atomic E-state index is 0.908. The van der Waals surface area contributed by atoms with E-state index in [-0.39, 0.29) is 0 Å². The highest BCUT2D eigenvalue weighted by Gasteiger charge is 2.19. The average Bonchev–Trinajstić information content (AvgIpc) is 3.17. The fourth-order valence-corrected chi connectivity index (χ4v) is 4.43. The quantitative estimate of drug-likeness (QED) is 0.879. The summed E-state index contributed by atoms with van der Waals surface area (Å²) in [5.41, 5.74) is 2.50. The Labute approximate surface area is 135 Å². The minimum atomic E-state index is 0.908. The second-order valence-electron chi connectivity index (χ2n) is 5.77. The maximum absolute atomic E-state index is 4.79. The molecule has 21 heavy (non-hydrogen) atoms. The molecule has 3 heterocycles. The van der Waals surface area contributed by atoms with Crippen molar-refractivity contribution >= 4 is 22.7 Å². The van der Waals surface area contributed by atoms with Crippen molar-refractivity contribution in [2.45, 2.75) is 25.8 Å². The van der Waals surface area contributed by atoms with Crippen molar-refractivity contribution in [1.82, 2.24) is 15.2 Å². The number of hydrogen-bond donors (Lipinski definition) is 1. The molecule has 0 bridgehead atoms. The number of piperidine rings is 1. The topological polar surface area (TPSA) is 28.2 Å². The number of aromatic nitrogens is 1. The van der Waals surface area contributed by atoms with E-state index in [2.05, 4.69) is 32.4 Å². The van der Waals surface area contributed by atoms with Crippen molar-refractivity contribution in [3.63, 3.8) is 0 Å². The zero-order valence-electron chi connectivity index (χ0n) is 12.5. The molecule has 5 heteroatoms. The van der Waals surface area contributed by atoms with Crippen molar-refractivity contribution in [1.29, 1.82) is 0 Å². The lowest BCUT2D eigenvalue weighted by Crippen LogP contribution is -2.34. The number of thiophene rings is 1. The largest absolute Gasteiger partial charge is 0.320 e. The summed E-state index contributed by atoms with van der Waals surface area (Å²) in [6.45, 7) is 4.61. The van der Waals surface area contributed by atoms with Gasteiger partial charge in [-0.2, -0.15) is 11.3 Å². The lowest BCUT2D eigenvalue weighted by molar-refractivity contribution is 0.171. The first-order valence-electron chi connectivity index (χ1n) is 7.69. The van der Waals surface area contributed by atoms with E-state index >= 15 is 0 Å². The Bertz CT molecular complexity index is 527. The zero-order chi connectivity index (χ0) is 14.5. The van der Waals surface area contributed by atoms with E-state index in [9.17, 15) is 0 Å². The van der Waals surface area contributed by atoms with Gasteiger partial charge in [0.15, 0.2) is 0 Å². The average molecular weight is 322 g/mol. The van der Waals surface area contributed by atoms with E-state index in [1.807, 2.05) is 7.05 Å². The Morgan fingerprint density at radius 3 is 2.90 bits per heavy atom. The van der Waals surface area contributed by atoms with Gasteiger partial charge in [-0.15, -0.1) is 11.3 Å². The first kappa shape index (κ1) is 15.2. The van der Waals surface area contributed by atoms with Gasteiger partial charge in [-0.25, -0.2) is 4.98 Å². The molecular formula is C16H23N3S2. The number of rotatable bonds is 6. The standard InChI is InChI=1S/C16H23N3S2/c1-17-6-2-13-3-7-19(8-4-13)10-15-12-21-16(18-15)14-5-9-20-11-14/h5,9,11-13,17H,2-4,6-8,10H2,1H3. The summed E-state index contributed by atoms with van der Waals surface area (Å²) in [4.78, 5) is 7.35. The summed E-state index contributed by atoms with van der Waals surface area (Å²) in [7, 11) is 2.04. The normalized spacial score (nSPS) is 17.4. The molecule has 1 fully saturated rings. The van der Waals surface area contributed by atoms with Crippen LogP contribution >= 0.6 is 22.7 Å². The molecule has 1 aliphatic heterocycles. The maximum atomic E-state index is 4.79. The van der Waals surface area contributed by atoms with Crippen molar-refractivity contribution in [2.75, 3.05) is 26.7 Å². The van der Waals surface area contributed by atoms with Crippen molar-refractivity contribution in [2.24, 2.45) is 5.92 Å². The molecule has 3 nitrogen and oxygen atoms in total. The number of likely N-dealkylation sites (tertiary alicyclic amines) is 1. The molecule has 0 atom stereocenters. The van der Waals surface area contributed by atoms with E-state index in [4.69, 9.17) is 4.98 Å². The molecular weight excluding hydrogens is 298 g/mol.